The van der Waals surface area contributed by atoms with E-state index in [4.69, 9.17) is 0 Å². The van der Waals surface area contributed by atoms with Gasteiger partial charge in [0, 0.05) is 93.5 Å². The third kappa shape index (κ3) is 9.05. The minimum Gasteiger partial charge on any atom is -0.361 e. The molecule has 4 N–H and O–H groups in total. The molecule has 0 saturated carbocycles. The van der Waals surface area contributed by atoms with Gasteiger partial charge in [-0.2, -0.15) is 52.7 Å². The van der Waals surface area contributed by atoms with E-state index in [-0.39, 0.29) is 0 Å². The van der Waals surface area contributed by atoms with Crippen LogP contribution in [0.4, 0.5) is 140 Å². The molecule has 0 saturated heterocycles. The number of rotatable bonds is 4. The first kappa shape index (κ1) is 60.4. The molecular weight excluding hydrogens is 1240 g/mol. The number of hydrogen-bond acceptors (Lipinski definition) is 0. The maximum absolute atomic E-state index is 15.9. The van der Waals surface area contributed by atoms with Gasteiger partial charge in [-0.1, -0.05) is 0 Å². The van der Waals surface area contributed by atoms with E-state index < -0.39 is 279 Å². The molecule has 4 nitrogen and oxygen atoms in total. The fraction of sp³-hybridized carbons (Fsp3) is 0.167. The van der Waals surface area contributed by atoms with Crippen LogP contribution < -0.4 is 0 Å². The van der Waals surface area contributed by atoms with E-state index in [2.05, 4.69) is 0 Å². The number of aromatic nitrogens is 4. The zero-order valence-corrected chi connectivity index (χ0v) is 38.9. The van der Waals surface area contributed by atoms with E-state index in [9.17, 15) is 52.7 Å². The minimum absolute atomic E-state index is 1.38. The second-order valence-electron chi connectivity index (χ2n) is 17.8. The van der Waals surface area contributed by atoms with Gasteiger partial charge in [0.1, 0.15) is 0 Å². The molecule has 0 aliphatic carbocycles. The first-order valence-electron chi connectivity index (χ1n) is 21.9. The smallest absolute Gasteiger partial charge is 0.361 e. The van der Waals surface area contributed by atoms with Gasteiger partial charge in [-0.15, -0.1) is 0 Å². The largest absolute Gasteiger partial charge is 0.418 e. The van der Waals surface area contributed by atoms with Crippen LogP contribution in [0, 0.1) is 116 Å². The monoisotopic (exact) mass is 1250 g/mol. The van der Waals surface area contributed by atoms with Gasteiger partial charge >= 0.3 is 24.7 Å². The third-order valence-electron chi connectivity index (χ3n) is 13.0. The molecule has 8 aromatic rings. The lowest BCUT2D eigenvalue weighted by Gasteiger charge is -2.17. The van der Waals surface area contributed by atoms with Crippen molar-refractivity contribution in [1.82, 2.24) is 19.9 Å². The Morgan fingerprint density at radius 1 is 0.167 bits per heavy atom. The SMILES string of the molecule is Fc1c(F)c(F)c(-c2c3[nH]c(c2C(F)(F)F)Cc2[nH]c(c(C(F)(F)F)c2-c2c(F)c(F)c(F)c(F)c2F)Cc2[nH]c(c(C(F)(F)F)c2-c2c(F)c(F)c(F)c(F)c2F)Cc2[nH]c(c(C(F)(F)F)c2-c2c(F)c(F)c(F)c(F)c2F)C3)c(F)c1F. The molecule has 0 atom stereocenters. The Morgan fingerprint density at radius 3 is 0.405 bits per heavy atom. The van der Waals surface area contributed by atoms with Gasteiger partial charge in [-0.3, -0.25) is 0 Å². The summed E-state index contributed by atoms with van der Waals surface area (Å²) in [7, 11) is 0. The van der Waals surface area contributed by atoms with Gasteiger partial charge in [0.05, 0.1) is 44.5 Å². The van der Waals surface area contributed by atoms with Crippen molar-refractivity contribution in [2.75, 3.05) is 0 Å². The van der Waals surface area contributed by atoms with Gasteiger partial charge in [-0.25, -0.2) is 87.8 Å². The summed E-state index contributed by atoms with van der Waals surface area (Å²) < 4.78 is 493. The number of fused-ring (bicyclic) bond motifs is 8. The lowest BCUT2D eigenvalue weighted by atomic mass is 9.91. The highest BCUT2D eigenvalue weighted by Crippen LogP contribution is 2.54. The van der Waals surface area contributed by atoms with Crippen molar-refractivity contribution >= 4 is 0 Å². The summed E-state index contributed by atoms with van der Waals surface area (Å²) in [6.07, 6.45) is -36.8. The Morgan fingerprint density at radius 2 is 0.286 bits per heavy atom. The van der Waals surface area contributed by atoms with E-state index in [1.807, 2.05) is 0 Å². The molecular formula is C48H12F32N4. The van der Waals surface area contributed by atoms with Crippen molar-refractivity contribution in [3.05, 3.63) is 184 Å². The fourth-order valence-corrected chi connectivity index (χ4v) is 9.86. The number of alkyl halides is 12. The Bertz CT molecular complexity index is 3490. The third-order valence-corrected chi connectivity index (χ3v) is 13.0. The lowest BCUT2D eigenvalue weighted by molar-refractivity contribution is -0.138. The highest BCUT2D eigenvalue weighted by Gasteiger charge is 2.50. The molecule has 36 heteroatoms. The van der Waals surface area contributed by atoms with Crippen LogP contribution in [-0.4, -0.2) is 19.9 Å². The fourth-order valence-electron chi connectivity index (χ4n) is 9.86. The van der Waals surface area contributed by atoms with E-state index in [1.54, 1.807) is 0 Å². The van der Waals surface area contributed by atoms with Crippen LogP contribution in [0.2, 0.25) is 0 Å². The van der Waals surface area contributed by atoms with Crippen molar-refractivity contribution in [1.29, 1.82) is 0 Å². The molecule has 8 bridgehead atoms. The summed E-state index contributed by atoms with van der Waals surface area (Å²) in [5.74, 6) is -65.8. The molecule has 4 aromatic carbocycles. The average Bonchev–Trinajstić information content (AvgIpc) is 1.82. The molecule has 9 rings (SSSR count). The molecule has 1 aliphatic heterocycles. The van der Waals surface area contributed by atoms with Crippen molar-refractivity contribution in [2.24, 2.45) is 0 Å². The number of nitrogens with one attached hydrogen (secondary N) is 4. The van der Waals surface area contributed by atoms with E-state index in [0.29, 0.717) is 0 Å². The second kappa shape index (κ2) is 19.7. The highest BCUT2D eigenvalue weighted by atomic mass is 19.4. The molecule has 84 heavy (non-hydrogen) atoms. The zero-order chi connectivity index (χ0) is 62.8. The van der Waals surface area contributed by atoms with Crippen LogP contribution >= 0.6 is 0 Å². The number of hydrogen-bond donors (Lipinski definition) is 4. The van der Waals surface area contributed by atoms with Gasteiger partial charge in [-0.05, 0) is 0 Å². The molecule has 0 spiro atoms. The molecule has 0 fully saturated rings. The molecule has 5 heterocycles. The van der Waals surface area contributed by atoms with Crippen LogP contribution in [0.15, 0.2) is 0 Å². The van der Waals surface area contributed by atoms with Crippen LogP contribution in [-0.2, 0) is 50.4 Å². The first-order valence-corrected chi connectivity index (χ1v) is 21.9. The number of H-pyrrole nitrogens is 4. The molecule has 4 aromatic heterocycles. The van der Waals surface area contributed by atoms with Crippen molar-refractivity contribution in [3.8, 4) is 44.5 Å². The molecule has 0 radical (unpaired) electrons. The van der Waals surface area contributed by atoms with Crippen molar-refractivity contribution < 1.29 is 140 Å². The van der Waals surface area contributed by atoms with Crippen molar-refractivity contribution in [2.45, 2.75) is 50.4 Å². The molecule has 448 valence electrons. The molecule has 1 aliphatic rings. The zero-order valence-electron chi connectivity index (χ0n) is 38.9. The van der Waals surface area contributed by atoms with Crippen LogP contribution in [0.3, 0.4) is 0 Å². The summed E-state index contributed by atoms with van der Waals surface area (Å²) in [5.41, 5.74) is -52.2. The maximum Gasteiger partial charge on any atom is 0.418 e. The average molecular weight is 1250 g/mol. The van der Waals surface area contributed by atoms with Crippen LogP contribution in [0.1, 0.15) is 67.8 Å². The summed E-state index contributed by atoms with van der Waals surface area (Å²) in [4.78, 5) is 5.53. The Balaban J connectivity index is 1.57. The van der Waals surface area contributed by atoms with Crippen LogP contribution in [0.5, 0.6) is 0 Å². The summed E-state index contributed by atoms with van der Waals surface area (Å²) >= 11 is 0. The predicted molar refractivity (Wildman–Crippen MR) is 215 cm³/mol. The van der Waals surface area contributed by atoms with Crippen molar-refractivity contribution in [3.63, 3.8) is 0 Å². The Kier molecular flexibility index (Phi) is 14.1. The van der Waals surface area contributed by atoms with E-state index in [0.717, 1.165) is 0 Å². The Labute approximate surface area is 439 Å². The second-order valence-corrected chi connectivity index (χ2v) is 17.8. The van der Waals surface area contributed by atoms with Gasteiger partial charge < -0.3 is 19.9 Å². The maximum atomic E-state index is 15.9. The lowest BCUT2D eigenvalue weighted by Crippen LogP contribution is -2.14. The minimum atomic E-state index is -6.64. The highest BCUT2D eigenvalue weighted by molar-refractivity contribution is 5.81. The Hall–Kier alpha value is -8.24. The number of benzene rings is 4. The van der Waals surface area contributed by atoms with Gasteiger partial charge in [0.15, 0.2) is 93.1 Å². The van der Waals surface area contributed by atoms with Gasteiger partial charge in [0.25, 0.3) is 0 Å². The normalized spacial score (nSPS) is 13.5. The molecule has 0 amide bonds. The van der Waals surface area contributed by atoms with E-state index >= 15 is 87.8 Å². The topological polar surface area (TPSA) is 63.2 Å². The van der Waals surface area contributed by atoms with Gasteiger partial charge in [0.2, 0.25) is 23.3 Å². The summed E-state index contributed by atoms with van der Waals surface area (Å²) in [6.45, 7) is 0. The summed E-state index contributed by atoms with van der Waals surface area (Å²) in [5, 5.41) is 0. The first-order chi connectivity index (χ1) is 38.6. The molecule has 0 unspecified atom stereocenters. The number of halogens is 32. The van der Waals surface area contributed by atoms with Crippen LogP contribution in [0.25, 0.3) is 44.5 Å². The standard InChI is InChI=1S/C48H12F32N4/c49-25-17(26(50)34(58)41(65)33(25)57)13-5-1-9-21(45(69,70)71)14(18-27(51)35(59)42(66)36(60)28(18)52)6(82-9)2-11-23(47(75,76)77)16(20-31(55)39(63)44(68)40(64)32(20)56)8(84-11)4-12-24(48(78,79)80)15(19-29(53)37(61)43(67)38(62)30(19)54)7(83-12)3-10(81-5)22(13)46(72,73)74/h81-84H,1-4H2. The number of aromatic amines is 4. The quantitative estimate of drug-likeness (QED) is 0.0771. The van der Waals surface area contributed by atoms with E-state index in [1.165, 1.54) is 19.9 Å². The predicted octanol–water partition coefficient (Wildman–Crippen LogP) is 17.2. The summed E-state index contributed by atoms with van der Waals surface area (Å²) in [6, 6.07) is 0.